The van der Waals surface area contributed by atoms with Crippen LogP contribution in [0.5, 0.6) is 0 Å². The van der Waals surface area contributed by atoms with Crippen LogP contribution < -0.4 is 0 Å². The summed E-state index contributed by atoms with van der Waals surface area (Å²) in [4.78, 5) is 0.203. The lowest BCUT2D eigenvalue weighted by molar-refractivity contribution is -0.0440. The molecule has 16 heavy (non-hydrogen) atoms. The Balaban J connectivity index is 2.24. The highest BCUT2D eigenvalue weighted by Gasteiger charge is 2.32. The zero-order valence-electron chi connectivity index (χ0n) is 9.25. The SMILES string of the molecule is CC1CN(S(=O)(=O)c2cn[nH]c2)CC(C)O1. The lowest BCUT2D eigenvalue weighted by Crippen LogP contribution is -2.47. The highest BCUT2D eigenvalue weighted by molar-refractivity contribution is 7.89. The second-order valence-corrected chi connectivity index (χ2v) is 5.95. The average Bonchev–Trinajstić information content (AvgIpc) is 2.69. The fourth-order valence-electron chi connectivity index (χ4n) is 1.86. The van der Waals surface area contributed by atoms with Gasteiger partial charge in [0.15, 0.2) is 0 Å². The van der Waals surface area contributed by atoms with Crippen LogP contribution in [0.3, 0.4) is 0 Å². The van der Waals surface area contributed by atoms with Gasteiger partial charge in [0.2, 0.25) is 10.0 Å². The molecule has 1 aliphatic heterocycles. The summed E-state index contributed by atoms with van der Waals surface area (Å²) in [5.74, 6) is 0. The van der Waals surface area contributed by atoms with Gasteiger partial charge in [-0.15, -0.1) is 0 Å². The maximum absolute atomic E-state index is 12.1. The molecule has 1 aromatic rings. The van der Waals surface area contributed by atoms with Gasteiger partial charge in [0, 0.05) is 19.3 Å². The van der Waals surface area contributed by atoms with Gasteiger partial charge in [-0.1, -0.05) is 0 Å². The number of sulfonamides is 1. The zero-order valence-corrected chi connectivity index (χ0v) is 10.1. The molecule has 1 aromatic heterocycles. The Morgan fingerprint density at radius 3 is 2.56 bits per heavy atom. The second kappa shape index (κ2) is 4.15. The van der Waals surface area contributed by atoms with E-state index in [-0.39, 0.29) is 17.1 Å². The van der Waals surface area contributed by atoms with Crippen molar-refractivity contribution in [1.82, 2.24) is 14.5 Å². The third-order valence-corrected chi connectivity index (χ3v) is 4.29. The van der Waals surface area contributed by atoms with E-state index in [2.05, 4.69) is 10.2 Å². The standard InChI is InChI=1S/C9H15N3O3S/c1-7-5-12(6-8(2)15-7)16(13,14)9-3-10-11-4-9/h3-4,7-8H,5-6H2,1-2H3,(H,10,11). The first kappa shape index (κ1) is 11.6. The molecule has 0 radical (unpaired) electrons. The number of hydrogen-bond donors (Lipinski definition) is 1. The van der Waals surface area contributed by atoms with Gasteiger partial charge >= 0.3 is 0 Å². The van der Waals surface area contributed by atoms with E-state index in [9.17, 15) is 8.42 Å². The van der Waals surface area contributed by atoms with Gasteiger partial charge in [-0.3, -0.25) is 5.10 Å². The molecule has 2 rings (SSSR count). The highest BCUT2D eigenvalue weighted by atomic mass is 32.2. The number of nitrogens with one attached hydrogen (secondary N) is 1. The third-order valence-electron chi connectivity index (χ3n) is 2.50. The van der Waals surface area contributed by atoms with E-state index in [0.29, 0.717) is 13.1 Å². The van der Waals surface area contributed by atoms with E-state index >= 15 is 0 Å². The van der Waals surface area contributed by atoms with Crippen molar-refractivity contribution in [3.63, 3.8) is 0 Å². The van der Waals surface area contributed by atoms with Crippen molar-refractivity contribution in [2.45, 2.75) is 31.0 Å². The van der Waals surface area contributed by atoms with Crippen LogP contribution in [0.25, 0.3) is 0 Å². The first-order chi connectivity index (χ1) is 7.50. The number of nitrogens with zero attached hydrogens (tertiary/aromatic N) is 2. The van der Waals surface area contributed by atoms with Crippen LogP contribution >= 0.6 is 0 Å². The molecule has 7 heteroatoms. The minimum atomic E-state index is -3.42. The lowest BCUT2D eigenvalue weighted by atomic mass is 10.3. The van der Waals surface area contributed by atoms with E-state index in [1.165, 1.54) is 16.7 Å². The molecule has 2 unspecified atom stereocenters. The molecular weight excluding hydrogens is 230 g/mol. The molecule has 0 aromatic carbocycles. The first-order valence-corrected chi connectivity index (χ1v) is 6.58. The summed E-state index contributed by atoms with van der Waals surface area (Å²) in [6, 6.07) is 0. The largest absolute Gasteiger partial charge is 0.373 e. The fourth-order valence-corrected chi connectivity index (χ4v) is 3.35. The predicted octanol–water partition coefficient (Wildman–Crippen LogP) is 0.208. The number of ether oxygens (including phenoxy) is 1. The molecule has 0 bridgehead atoms. The predicted molar refractivity (Wildman–Crippen MR) is 57.4 cm³/mol. The number of aromatic nitrogens is 2. The number of rotatable bonds is 2. The van der Waals surface area contributed by atoms with Crippen LogP contribution in [0.1, 0.15) is 13.8 Å². The van der Waals surface area contributed by atoms with Crippen LogP contribution in [0.2, 0.25) is 0 Å². The molecule has 2 heterocycles. The summed E-state index contributed by atoms with van der Waals surface area (Å²) in [6.07, 6.45) is 2.55. The van der Waals surface area contributed by atoms with Gasteiger partial charge in [-0.25, -0.2) is 8.42 Å². The molecule has 6 nitrogen and oxygen atoms in total. The Kier molecular flexibility index (Phi) is 3.00. The van der Waals surface area contributed by atoms with E-state index in [1.807, 2.05) is 13.8 Å². The van der Waals surface area contributed by atoms with Crippen molar-refractivity contribution in [2.75, 3.05) is 13.1 Å². The molecular formula is C9H15N3O3S. The van der Waals surface area contributed by atoms with Crippen LogP contribution in [0, 0.1) is 0 Å². The van der Waals surface area contributed by atoms with Gasteiger partial charge in [0.05, 0.1) is 18.4 Å². The monoisotopic (exact) mass is 245 g/mol. The quantitative estimate of drug-likeness (QED) is 0.808. The second-order valence-electron chi connectivity index (χ2n) is 4.01. The molecule has 0 amide bonds. The molecule has 1 saturated heterocycles. The number of H-pyrrole nitrogens is 1. The van der Waals surface area contributed by atoms with Crippen molar-refractivity contribution < 1.29 is 13.2 Å². The normalized spacial score (nSPS) is 28.1. The summed E-state index contributed by atoms with van der Waals surface area (Å²) < 4.78 is 31.2. The van der Waals surface area contributed by atoms with Crippen LogP contribution in [0.4, 0.5) is 0 Å². The first-order valence-electron chi connectivity index (χ1n) is 5.14. The minimum absolute atomic E-state index is 0.0783. The zero-order chi connectivity index (χ0) is 11.8. The maximum atomic E-state index is 12.1. The number of aromatic amines is 1. The molecule has 1 fully saturated rings. The number of morpholine rings is 1. The number of hydrogen-bond acceptors (Lipinski definition) is 4. The van der Waals surface area contributed by atoms with Gasteiger partial charge in [-0.2, -0.15) is 9.40 Å². The van der Waals surface area contributed by atoms with E-state index in [1.54, 1.807) is 0 Å². The van der Waals surface area contributed by atoms with Crippen LogP contribution in [-0.2, 0) is 14.8 Å². The molecule has 0 aliphatic carbocycles. The average molecular weight is 245 g/mol. The Hall–Kier alpha value is -0.920. The van der Waals surface area contributed by atoms with Gasteiger partial charge < -0.3 is 4.74 Å². The smallest absolute Gasteiger partial charge is 0.246 e. The van der Waals surface area contributed by atoms with Crippen molar-refractivity contribution >= 4 is 10.0 Å². The molecule has 0 spiro atoms. The Labute approximate surface area is 94.6 Å². The fraction of sp³-hybridized carbons (Fsp3) is 0.667. The van der Waals surface area contributed by atoms with Crippen LogP contribution in [0.15, 0.2) is 17.3 Å². The summed E-state index contributed by atoms with van der Waals surface area (Å²) in [5, 5.41) is 6.17. The third kappa shape index (κ3) is 2.11. The van der Waals surface area contributed by atoms with Crippen molar-refractivity contribution in [3.05, 3.63) is 12.4 Å². The maximum Gasteiger partial charge on any atom is 0.246 e. The Morgan fingerprint density at radius 2 is 2.06 bits per heavy atom. The molecule has 90 valence electrons. The van der Waals surface area contributed by atoms with E-state index in [0.717, 1.165) is 0 Å². The summed E-state index contributed by atoms with van der Waals surface area (Å²) in [5.41, 5.74) is 0. The van der Waals surface area contributed by atoms with Crippen LogP contribution in [-0.4, -0.2) is 48.2 Å². The summed E-state index contributed by atoms with van der Waals surface area (Å²) >= 11 is 0. The van der Waals surface area contributed by atoms with Gasteiger partial charge in [0.25, 0.3) is 0 Å². The van der Waals surface area contributed by atoms with E-state index < -0.39 is 10.0 Å². The van der Waals surface area contributed by atoms with Gasteiger partial charge in [0.1, 0.15) is 4.90 Å². The summed E-state index contributed by atoms with van der Waals surface area (Å²) in [7, 11) is -3.42. The Morgan fingerprint density at radius 1 is 1.44 bits per heavy atom. The molecule has 1 N–H and O–H groups in total. The van der Waals surface area contributed by atoms with Crippen molar-refractivity contribution in [1.29, 1.82) is 0 Å². The highest BCUT2D eigenvalue weighted by Crippen LogP contribution is 2.19. The topological polar surface area (TPSA) is 75.3 Å². The van der Waals surface area contributed by atoms with E-state index in [4.69, 9.17) is 4.74 Å². The summed E-state index contributed by atoms with van der Waals surface area (Å²) in [6.45, 7) is 4.51. The van der Waals surface area contributed by atoms with Crippen molar-refractivity contribution in [3.8, 4) is 0 Å². The molecule has 1 aliphatic rings. The van der Waals surface area contributed by atoms with Crippen molar-refractivity contribution in [2.24, 2.45) is 0 Å². The Bertz CT molecular complexity index is 433. The molecule has 2 atom stereocenters. The van der Waals surface area contributed by atoms with Gasteiger partial charge in [-0.05, 0) is 13.8 Å². The molecule has 0 saturated carbocycles. The minimum Gasteiger partial charge on any atom is -0.373 e. The lowest BCUT2D eigenvalue weighted by Gasteiger charge is -2.34.